The minimum absolute atomic E-state index is 0.0346. The molecule has 0 unspecified atom stereocenters. The molecule has 0 aromatic heterocycles. The van der Waals surface area contributed by atoms with Crippen molar-refractivity contribution >= 4 is 22.7 Å². The van der Waals surface area contributed by atoms with E-state index in [1.165, 1.54) is 12.1 Å². The van der Waals surface area contributed by atoms with Gasteiger partial charge in [0.1, 0.15) is 5.69 Å². The van der Waals surface area contributed by atoms with Crippen LogP contribution < -0.4 is 4.90 Å². The van der Waals surface area contributed by atoms with Crippen LogP contribution in [0.15, 0.2) is 58.8 Å². The highest BCUT2D eigenvalue weighted by Gasteiger charge is 2.12. The first-order valence-corrected chi connectivity index (χ1v) is 6.00. The highest BCUT2D eigenvalue weighted by atomic mass is 16.6. The molecule has 2 aromatic carbocycles. The minimum atomic E-state index is -0.425. The van der Waals surface area contributed by atoms with Gasteiger partial charge in [0.15, 0.2) is 0 Å². The van der Waals surface area contributed by atoms with E-state index in [2.05, 4.69) is 10.2 Å². The van der Waals surface area contributed by atoms with Crippen molar-refractivity contribution in [3.05, 3.63) is 58.6 Å². The Hall–Kier alpha value is -2.76. The quantitative estimate of drug-likeness (QED) is 0.477. The van der Waals surface area contributed by atoms with E-state index in [4.69, 9.17) is 0 Å². The smallest absolute Gasteiger partial charge is 0.271 e. The van der Waals surface area contributed by atoms with Crippen LogP contribution in [-0.2, 0) is 0 Å². The van der Waals surface area contributed by atoms with E-state index in [1.54, 1.807) is 25.1 Å². The number of rotatable bonds is 4. The highest BCUT2D eigenvalue weighted by molar-refractivity contribution is 5.69. The van der Waals surface area contributed by atoms with Crippen LogP contribution in [0.25, 0.3) is 0 Å². The summed E-state index contributed by atoms with van der Waals surface area (Å²) in [5.74, 6) is 0. The Morgan fingerprint density at radius 3 is 2.35 bits per heavy atom. The number of benzene rings is 2. The van der Waals surface area contributed by atoms with Gasteiger partial charge in [-0.05, 0) is 18.2 Å². The molecule has 2 rings (SSSR count). The van der Waals surface area contributed by atoms with Gasteiger partial charge in [-0.2, -0.15) is 5.11 Å². The summed E-state index contributed by atoms with van der Waals surface area (Å²) in [5, 5.41) is 19.1. The Balaban J connectivity index is 2.36. The first kappa shape index (κ1) is 13.7. The second kappa shape index (κ2) is 5.92. The minimum Gasteiger partial charge on any atom is -0.376 e. The molecule has 0 fully saturated rings. The molecule has 0 N–H and O–H groups in total. The molecule has 0 amide bonds. The molecule has 6 nitrogen and oxygen atoms in total. The molecule has 20 heavy (non-hydrogen) atoms. The first-order chi connectivity index (χ1) is 9.58. The van der Waals surface area contributed by atoms with Crippen LogP contribution in [-0.4, -0.2) is 19.0 Å². The molecule has 0 saturated carbocycles. The Morgan fingerprint density at radius 2 is 1.75 bits per heavy atom. The van der Waals surface area contributed by atoms with Crippen molar-refractivity contribution in [1.82, 2.24) is 0 Å². The maximum atomic E-state index is 10.8. The molecule has 0 bridgehead atoms. The number of hydrogen-bond donors (Lipinski definition) is 0. The zero-order valence-electron chi connectivity index (χ0n) is 11.2. The topological polar surface area (TPSA) is 71.1 Å². The summed E-state index contributed by atoms with van der Waals surface area (Å²) in [4.78, 5) is 12.1. The van der Waals surface area contributed by atoms with Gasteiger partial charge in [0.25, 0.3) is 5.69 Å². The fourth-order valence-electron chi connectivity index (χ4n) is 1.67. The molecule has 0 atom stereocenters. The average Bonchev–Trinajstić information content (AvgIpc) is 2.45. The monoisotopic (exact) mass is 270 g/mol. The van der Waals surface area contributed by atoms with Gasteiger partial charge < -0.3 is 4.90 Å². The predicted octanol–water partition coefficient (Wildman–Crippen LogP) is 4.08. The van der Waals surface area contributed by atoms with Gasteiger partial charge in [0.2, 0.25) is 0 Å². The summed E-state index contributed by atoms with van der Waals surface area (Å²) in [6, 6.07) is 13.8. The van der Waals surface area contributed by atoms with Gasteiger partial charge in [-0.15, -0.1) is 5.11 Å². The maximum Gasteiger partial charge on any atom is 0.271 e. The van der Waals surface area contributed by atoms with Crippen LogP contribution in [0.4, 0.5) is 22.7 Å². The summed E-state index contributed by atoms with van der Waals surface area (Å²) < 4.78 is 0. The van der Waals surface area contributed by atoms with Crippen LogP contribution in [0, 0.1) is 10.1 Å². The average molecular weight is 270 g/mol. The Labute approximate surface area is 116 Å². The number of hydrogen-bond acceptors (Lipinski definition) is 5. The second-order valence-electron chi connectivity index (χ2n) is 4.36. The molecule has 6 heteroatoms. The second-order valence-corrected chi connectivity index (χ2v) is 4.36. The van der Waals surface area contributed by atoms with Crippen LogP contribution in [0.3, 0.4) is 0 Å². The van der Waals surface area contributed by atoms with Crippen molar-refractivity contribution in [2.24, 2.45) is 10.2 Å². The predicted molar refractivity (Wildman–Crippen MR) is 78.0 cm³/mol. The molecule has 0 aliphatic heterocycles. The van der Waals surface area contributed by atoms with Gasteiger partial charge in [0.05, 0.1) is 16.3 Å². The van der Waals surface area contributed by atoms with E-state index >= 15 is 0 Å². The van der Waals surface area contributed by atoms with Crippen molar-refractivity contribution < 1.29 is 4.92 Å². The molecule has 0 saturated heterocycles. The lowest BCUT2D eigenvalue weighted by Gasteiger charge is -2.13. The van der Waals surface area contributed by atoms with Crippen LogP contribution in [0.2, 0.25) is 0 Å². The van der Waals surface area contributed by atoms with E-state index < -0.39 is 4.92 Å². The third kappa shape index (κ3) is 3.17. The van der Waals surface area contributed by atoms with Gasteiger partial charge in [0, 0.05) is 26.2 Å². The van der Waals surface area contributed by atoms with Crippen LogP contribution in [0.1, 0.15) is 0 Å². The molecular weight excluding hydrogens is 256 g/mol. The van der Waals surface area contributed by atoms with Crippen LogP contribution in [0.5, 0.6) is 0 Å². The zero-order valence-corrected chi connectivity index (χ0v) is 11.2. The number of nitrogens with zero attached hydrogens (tertiary/aromatic N) is 4. The third-order valence-corrected chi connectivity index (χ3v) is 2.68. The largest absolute Gasteiger partial charge is 0.376 e. The van der Waals surface area contributed by atoms with Gasteiger partial charge in [-0.25, -0.2) is 0 Å². The summed E-state index contributed by atoms with van der Waals surface area (Å²) >= 11 is 0. The fraction of sp³-hybridized carbons (Fsp3) is 0.143. The molecule has 0 radical (unpaired) electrons. The van der Waals surface area contributed by atoms with E-state index in [9.17, 15) is 10.1 Å². The number of non-ortho nitro benzene ring substituents is 1. The maximum absolute atomic E-state index is 10.8. The molecule has 102 valence electrons. The van der Waals surface area contributed by atoms with Gasteiger partial charge in [-0.3, -0.25) is 10.1 Å². The van der Waals surface area contributed by atoms with Crippen molar-refractivity contribution in [3.63, 3.8) is 0 Å². The first-order valence-electron chi connectivity index (χ1n) is 6.00. The highest BCUT2D eigenvalue weighted by Crippen LogP contribution is 2.32. The summed E-state index contributed by atoms with van der Waals surface area (Å²) in [5.41, 5.74) is 2.01. The Morgan fingerprint density at radius 1 is 1.05 bits per heavy atom. The van der Waals surface area contributed by atoms with E-state index in [-0.39, 0.29) is 5.69 Å². The van der Waals surface area contributed by atoms with E-state index in [1.807, 2.05) is 30.3 Å². The summed E-state index contributed by atoms with van der Waals surface area (Å²) in [6.07, 6.45) is 0. The van der Waals surface area contributed by atoms with Crippen molar-refractivity contribution in [2.45, 2.75) is 0 Å². The number of nitro benzene ring substituents is 1. The Kier molecular flexibility index (Phi) is 4.05. The van der Waals surface area contributed by atoms with Crippen molar-refractivity contribution in [1.29, 1.82) is 0 Å². The third-order valence-electron chi connectivity index (χ3n) is 2.68. The molecular formula is C14H14N4O2. The van der Waals surface area contributed by atoms with E-state index in [0.717, 1.165) is 5.69 Å². The van der Waals surface area contributed by atoms with Crippen LogP contribution >= 0.6 is 0 Å². The normalized spacial score (nSPS) is 10.7. The standard InChI is InChI=1S/C14H14N4O2/c1-17(2)14-10-12(18(19)20)8-9-13(14)16-15-11-6-4-3-5-7-11/h3-10H,1-2H3. The summed E-state index contributed by atoms with van der Waals surface area (Å²) in [6.45, 7) is 0. The lowest BCUT2D eigenvalue weighted by molar-refractivity contribution is -0.384. The van der Waals surface area contributed by atoms with Crippen molar-refractivity contribution in [2.75, 3.05) is 19.0 Å². The number of azo groups is 1. The van der Waals surface area contributed by atoms with Crippen molar-refractivity contribution in [3.8, 4) is 0 Å². The molecule has 0 spiro atoms. The lowest BCUT2D eigenvalue weighted by Crippen LogP contribution is -2.09. The van der Waals surface area contributed by atoms with Gasteiger partial charge in [-0.1, -0.05) is 18.2 Å². The molecule has 0 heterocycles. The Bertz CT molecular complexity index is 639. The molecule has 0 aliphatic carbocycles. The van der Waals surface area contributed by atoms with E-state index in [0.29, 0.717) is 11.4 Å². The summed E-state index contributed by atoms with van der Waals surface area (Å²) in [7, 11) is 3.61. The van der Waals surface area contributed by atoms with Gasteiger partial charge >= 0.3 is 0 Å². The number of anilines is 1. The fourth-order valence-corrected chi connectivity index (χ4v) is 1.67. The molecule has 0 aliphatic rings. The zero-order chi connectivity index (χ0) is 14.5. The molecule has 2 aromatic rings. The number of nitro groups is 1. The SMILES string of the molecule is CN(C)c1cc([N+](=O)[O-])ccc1N=Nc1ccccc1. The lowest BCUT2D eigenvalue weighted by atomic mass is 10.2.